The van der Waals surface area contributed by atoms with Gasteiger partial charge in [0, 0.05) is 23.9 Å². The van der Waals surface area contributed by atoms with Crippen LogP contribution >= 0.6 is 0 Å². The van der Waals surface area contributed by atoms with E-state index >= 15 is 0 Å². The lowest BCUT2D eigenvalue weighted by Gasteiger charge is -2.33. The Morgan fingerprint density at radius 2 is 1.16 bits per heavy atom. The molecule has 0 saturated heterocycles. The maximum atomic E-state index is 11.9. The zero-order chi connectivity index (χ0) is 19.7. The molecule has 0 heterocycles. The molecule has 4 N–H and O–H groups in total. The number of aliphatic hydroxyl groups excluding tert-OH is 2. The molecule has 0 fully saturated rings. The van der Waals surface area contributed by atoms with E-state index in [0.717, 1.165) is 12.8 Å². The van der Waals surface area contributed by atoms with Gasteiger partial charge in [-0.05, 0) is 12.8 Å². The van der Waals surface area contributed by atoms with Crippen molar-refractivity contribution in [3.63, 3.8) is 0 Å². The molecule has 2 amide bonds. The molecule has 0 bridgehead atoms. The summed E-state index contributed by atoms with van der Waals surface area (Å²) in [6.45, 7) is 12.1. The van der Waals surface area contributed by atoms with Crippen molar-refractivity contribution in [3.8, 4) is 0 Å². The van der Waals surface area contributed by atoms with Crippen molar-refractivity contribution in [3.05, 3.63) is 0 Å². The summed E-state index contributed by atoms with van der Waals surface area (Å²) >= 11 is 0. The number of ether oxygens (including phenoxy) is 1. The van der Waals surface area contributed by atoms with Gasteiger partial charge in [-0.1, -0.05) is 41.5 Å². The number of aliphatic hydroxyl groups is 2. The van der Waals surface area contributed by atoms with Gasteiger partial charge in [0.15, 0.2) is 0 Å². The second-order valence-corrected chi connectivity index (χ2v) is 7.86. The molecular formula is C18H36N2O5. The molecule has 0 radical (unpaired) electrons. The van der Waals surface area contributed by atoms with Crippen LogP contribution in [0, 0.1) is 10.8 Å². The summed E-state index contributed by atoms with van der Waals surface area (Å²) in [5.41, 5.74) is -1.58. The average molecular weight is 360 g/mol. The molecule has 7 heteroatoms. The quantitative estimate of drug-likeness (QED) is 0.412. The Bertz CT molecular complexity index is 386. The normalized spacial score (nSPS) is 14.7. The fourth-order valence-electron chi connectivity index (χ4n) is 2.13. The Hall–Kier alpha value is -1.18. The van der Waals surface area contributed by atoms with E-state index in [0.29, 0.717) is 13.1 Å². The number of hydrogen-bond acceptors (Lipinski definition) is 5. The fraction of sp³-hybridized carbons (Fsp3) is 0.889. The average Bonchev–Trinajstić information content (AvgIpc) is 2.55. The van der Waals surface area contributed by atoms with E-state index in [9.17, 15) is 19.8 Å². The maximum Gasteiger partial charge on any atom is 0.249 e. The molecule has 0 spiro atoms. The van der Waals surface area contributed by atoms with Gasteiger partial charge in [-0.2, -0.15) is 0 Å². The molecule has 0 aliphatic heterocycles. The topological polar surface area (TPSA) is 108 Å². The lowest BCUT2D eigenvalue weighted by atomic mass is 9.85. The van der Waals surface area contributed by atoms with Crippen molar-refractivity contribution in [1.29, 1.82) is 0 Å². The first-order chi connectivity index (χ1) is 11.5. The highest BCUT2D eigenvalue weighted by Crippen LogP contribution is 2.25. The second kappa shape index (κ2) is 10.7. The Kier molecular flexibility index (Phi) is 10.2. The Morgan fingerprint density at radius 1 is 0.840 bits per heavy atom. The summed E-state index contributed by atoms with van der Waals surface area (Å²) in [4.78, 5) is 23.8. The van der Waals surface area contributed by atoms with Gasteiger partial charge < -0.3 is 25.6 Å². The molecule has 25 heavy (non-hydrogen) atoms. The highest BCUT2D eigenvalue weighted by Gasteiger charge is 2.37. The van der Waals surface area contributed by atoms with E-state index in [1.165, 1.54) is 0 Å². The molecule has 0 rings (SSSR count). The van der Waals surface area contributed by atoms with Gasteiger partial charge in [0.25, 0.3) is 0 Å². The minimum atomic E-state index is -1.19. The van der Waals surface area contributed by atoms with Crippen molar-refractivity contribution in [2.24, 2.45) is 10.8 Å². The molecule has 148 valence electrons. The van der Waals surface area contributed by atoms with Crippen molar-refractivity contribution < 1.29 is 24.5 Å². The second-order valence-electron chi connectivity index (χ2n) is 7.86. The van der Waals surface area contributed by atoms with Gasteiger partial charge >= 0.3 is 0 Å². The SMILES string of the molecule is CCCNC(=O)C(O)C(C)(C)COCC(C)(C)C(O)C(=O)NCCC. The molecule has 0 saturated carbocycles. The predicted molar refractivity (Wildman–Crippen MR) is 97.0 cm³/mol. The molecule has 0 aliphatic carbocycles. The number of nitrogens with one attached hydrogen (secondary N) is 2. The molecule has 2 unspecified atom stereocenters. The van der Waals surface area contributed by atoms with E-state index in [-0.39, 0.29) is 13.2 Å². The van der Waals surface area contributed by atoms with Crippen LogP contribution in [0.4, 0.5) is 0 Å². The van der Waals surface area contributed by atoms with E-state index < -0.39 is 34.9 Å². The Morgan fingerprint density at radius 3 is 1.44 bits per heavy atom. The summed E-state index contributed by atoms with van der Waals surface area (Å²) in [7, 11) is 0. The van der Waals surface area contributed by atoms with Gasteiger partial charge in [-0.25, -0.2) is 0 Å². The van der Waals surface area contributed by atoms with Gasteiger partial charge in [0.1, 0.15) is 12.2 Å². The first-order valence-electron chi connectivity index (χ1n) is 8.99. The predicted octanol–water partition coefficient (Wildman–Crippen LogP) is 0.830. The van der Waals surface area contributed by atoms with Crippen LogP contribution in [0.15, 0.2) is 0 Å². The lowest BCUT2D eigenvalue weighted by molar-refractivity contribution is -0.143. The number of rotatable bonds is 12. The van der Waals surface area contributed by atoms with Crippen LogP contribution in [0.3, 0.4) is 0 Å². The number of amides is 2. The summed E-state index contributed by atoms with van der Waals surface area (Å²) in [6.07, 6.45) is -0.803. The lowest BCUT2D eigenvalue weighted by Crippen LogP contribution is -2.48. The van der Waals surface area contributed by atoms with Crippen molar-refractivity contribution in [2.75, 3.05) is 26.3 Å². The first-order valence-corrected chi connectivity index (χ1v) is 8.99. The van der Waals surface area contributed by atoms with Crippen LogP contribution < -0.4 is 10.6 Å². The molecule has 2 atom stereocenters. The van der Waals surface area contributed by atoms with Crippen LogP contribution in [0.5, 0.6) is 0 Å². The van der Waals surface area contributed by atoms with Gasteiger partial charge in [-0.15, -0.1) is 0 Å². The minimum Gasteiger partial charge on any atom is -0.383 e. The van der Waals surface area contributed by atoms with Crippen molar-refractivity contribution in [1.82, 2.24) is 10.6 Å². The molecule has 0 aromatic rings. The minimum absolute atomic E-state index is 0.125. The van der Waals surface area contributed by atoms with Crippen molar-refractivity contribution >= 4 is 11.8 Å². The number of hydrogen-bond donors (Lipinski definition) is 4. The van der Waals surface area contributed by atoms with E-state index in [1.807, 2.05) is 13.8 Å². The first kappa shape index (κ1) is 23.8. The molecular weight excluding hydrogens is 324 g/mol. The van der Waals surface area contributed by atoms with Crippen LogP contribution in [-0.2, 0) is 14.3 Å². The van der Waals surface area contributed by atoms with Gasteiger partial charge in [-0.3, -0.25) is 9.59 Å². The Labute approximate surface area is 151 Å². The van der Waals surface area contributed by atoms with Crippen LogP contribution in [0.2, 0.25) is 0 Å². The standard InChI is InChI=1S/C18H36N2O5/c1-7-9-19-15(23)13(21)17(3,4)11-25-12-18(5,6)14(22)16(24)20-10-8-2/h13-14,21-22H,7-12H2,1-6H3,(H,19,23)(H,20,24). The van der Waals surface area contributed by atoms with Crippen molar-refractivity contribution in [2.45, 2.75) is 66.6 Å². The summed E-state index contributed by atoms with van der Waals surface area (Å²) in [6, 6.07) is 0. The Balaban J connectivity index is 4.54. The highest BCUT2D eigenvalue weighted by atomic mass is 16.5. The van der Waals surface area contributed by atoms with Gasteiger partial charge in [0.2, 0.25) is 11.8 Å². The third-order valence-electron chi connectivity index (χ3n) is 4.02. The molecule has 0 aromatic carbocycles. The maximum absolute atomic E-state index is 11.9. The largest absolute Gasteiger partial charge is 0.383 e. The zero-order valence-electron chi connectivity index (χ0n) is 16.5. The summed E-state index contributed by atoms with van der Waals surface area (Å²) in [5, 5.41) is 25.7. The smallest absolute Gasteiger partial charge is 0.249 e. The molecule has 7 nitrogen and oxygen atoms in total. The van der Waals surface area contributed by atoms with E-state index in [4.69, 9.17) is 4.74 Å². The van der Waals surface area contributed by atoms with Crippen LogP contribution in [0.1, 0.15) is 54.4 Å². The molecule has 0 aromatic heterocycles. The van der Waals surface area contributed by atoms with Gasteiger partial charge in [0.05, 0.1) is 13.2 Å². The number of carbonyl (C=O) groups excluding carboxylic acids is 2. The third kappa shape index (κ3) is 8.16. The monoisotopic (exact) mass is 360 g/mol. The highest BCUT2D eigenvalue weighted by molar-refractivity contribution is 5.81. The van der Waals surface area contributed by atoms with E-state index in [1.54, 1.807) is 27.7 Å². The van der Waals surface area contributed by atoms with E-state index in [2.05, 4.69) is 10.6 Å². The molecule has 0 aliphatic rings. The fourth-order valence-corrected chi connectivity index (χ4v) is 2.13. The van der Waals surface area contributed by atoms with Crippen LogP contribution in [0.25, 0.3) is 0 Å². The summed E-state index contributed by atoms with van der Waals surface area (Å²) < 4.78 is 5.63. The van der Waals surface area contributed by atoms with Crippen LogP contribution in [-0.4, -0.2) is 60.5 Å². The number of carbonyl (C=O) groups is 2. The summed E-state index contributed by atoms with van der Waals surface area (Å²) in [5.74, 6) is -0.845. The third-order valence-corrected chi connectivity index (χ3v) is 4.02. The zero-order valence-corrected chi connectivity index (χ0v) is 16.5.